The first-order valence-electron chi connectivity index (χ1n) is 14.3. The molecule has 0 spiro atoms. The van der Waals surface area contributed by atoms with Crippen LogP contribution in [0, 0.1) is 0 Å². The summed E-state index contributed by atoms with van der Waals surface area (Å²) in [7, 11) is 0. The Balaban J connectivity index is 1.32. The summed E-state index contributed by atoms with van der Waals surface area (Å²) in [5.74, 6) is -0.835. The third-order valence-corrected chi connectivity index (χ3v) is 9.97. The number of aliphatic hydroxyl groups excluding tert-OH is 1. The summed E-state index contributed by atoms with van der Waals surface area (Å²) in [4.78, 5) is 28.9. The van der Waals surface area contributed by atoms with E-state index in [-0.39, 0.29) is 16.5 Å². The summed E-state index contributed by atoms with van der Waals surface area (Å²) < 4.78 is 12.3. The van der Waals surface area contributed by atoms with Crippen LogP contribution in [0.3, 0.4) is 0 Å². The van der Waals surface area contributed by atoms with Crippen LogP contribution in [0.25, 0.3) is 11.0 Å². The highest BCUT2D eigenvalue weighted by molar-refractivity contribution is 8.00. The lowest BCUT2D eigenvalue weighted by atomic mass is 9.95. The number of benzene rings is 3. The fraction of sp³-hybridized carbons (Fsp3) is 0.212. The molecule has 3 heterocycles. The molecule has 1 N–H and O–H groups in total. The molecule has 6 rings (SSSR count). The van der Waals surface area contributed by atoms with Crippen molar-refractivity contribution in [3.63, 3.8) is 0 Å². The summed E-state index contributed by atoms with van der Waals surface area (Å²) in [5, 5.41) is 21.8. The molecular formula is C33H27Cl2N3O5S2. The first-order valence-corrected chi connectivity index (χ1v) is 16.8. The van der Waals surface area contributed by atoms with Gasteiger partial charge in [0.15, 0.2) is 15.9 Å². The van der Waals surface area contributed by atoms with Gasteiger partial charge in [0, 0.05) is 21.2 Å². The van der Waals surface area contributed by atoms with Crippen LogP contribution in [0.15, 0.2) is 92.9 Å². The van der Waals surface area contributed by atoms with Crippen LogP contribution >= 0.6 is 46.3 Å². The fourth-order valence-electron chi connectivity index (χ4n) is 5.00. The van der Waals surface area contributed by atoms with Crippen LogP contribution < -0.4 is 9.64 Å². The number of hydrogen-bond acceptors (Lipinski definition) is 9. The van der Waals surface area contributed by atoms with Crippen LogP contribution in [-0.2, 0) is 10.5 Å². The lowest BCUT2D eigenvalue weighted by Gasteiger charge is -2.24. The van der Waals surface area contributed by atoms with Crippen molar-refractivity contribution in [1.29, 1.82) is 0 Å². The number of carbonyl (C=O) groups excluding carboxylic acids is 2. The number of aromatic nitrogens is 2. The molecule has 1 amide bonds. The number of anilines is 1. The van der Waals surface area contributed by atoms with Crippen LogP contribution in [0.2, 0.25) is 10.0 Å². The Hall–Kier alpha value is -3.83. The summed E-state index contributed by atoms with van der Waals surface area (Å²) >= 11 is 14.9. The molecule has 1 aliphatic heterocycles. The van der Waals surface area contributed by atoms with Crippen LogP contribution in [0.4, 0.5) is 5.13 Å². The summed E-state index contributed by atoms with van der Waals surface area (Å²) in [6.45, 7) is 2.72. The molecule has 0 radical (unpaired) electrons. The highest BCUT2D eigenvalue weighted by Gasteiger charge is 2.46. The number of ketones is 1. The molecule has 1 unspecified atom stereocenters. The van der Waals surface area contributed by atoms with E-state index in [4.69, 9.17) is 32.4 Å². The van der Waals surface area contributed by atoms with Gasteiger partial charge in [-0.3, -0.25) is 14.5 Å². The van der Waals surface area contributed by atoms with Crippen molar-refractivity contribution in [3.8, 4) is 5.75 Å². The zero-order valence-electron chi connectivity index (χ0n) is 24.0. The van der Waals surface area contributed by atoms with E-state index in [1.54, 1.807) is 54.6 Å². The van der Waals surface area contributed by atoms with Gasteiger partial charge in [-0.1, -0.05) is 102 Å². The van der Waals surface area contributed by atoms with Gasteiger partial charge < -0.3 is 14.3 Å². The lowest BCUT2D eigenvalue weighted by molar-refractivity contribution is -0.117. The highest BCUT2D eigenvalue weighted by atomic mass is 35.5. The molecule has 0 saturated carbocycles. The Morgan fingerprint density at radius 3 is 2.62 bits per heavy atom. The number of furan rings is 1. The number of amides is 1. The Kier molecular flexibility index (Phi) is 9.46. The zero-order valence-corrected chi connectivity index (χ0v) is 27.2. The van der Waals surface area contributed by atoms with Crippen LogP contribution in [-0.4, -0.2) is 33.6 Å². The van der Waals surface area contributed by atoms with Crippen molar-refractivity contribution in [2.45, 2.75) is 42.3 Å². The number of ether oxygens (including phenoxy) is 1. The maximum atomic E-state index is 13.9. The van der Waals surface area contributed by atoms with Gasteiger partial charge in [-0.25, -0.2) is 0 Å². The van der Waals surface area contributed by atoms with Crippen LogP contribution in [0.1, 0.15) is 53.9 Å². The second-order valence-corrected chi connectivity index (χ2v) is 13.3. The molecule has 230 valence electrons. The van der Waals surface area contributed by atoms with Crippen molar-refractivity contribution >= 4 is 74.1 Å². The standard InChI is InChI=1S/C33H27Cl2N3O5S2/c1-2-3-6-15-42-23-13-10-19(11-14-23)28-27(29(39)26-16-20-7-4-5-8-25(20)43-26)30(40)31(41)38(28)32-36-37-33(45-32)44-18-21-9-12-22(34)17-24(21)35/h4-5,7-14,16-17,28,40H,2-3,6,15,18H2,1H3. The zero-order chi connectivity index (χ0) is 31.5. The molecule has 3 aromatic carbocycles. The van der Waals surface area contributed by atoms with E-state index in [1.807, 2.05) is 18.2 Å². The largest absolute Gasteiger partial charge is 0.503 e. The monoisotopic (exact) mass is 679 g/mol. The topological polar surface area (TPSA) is 106 Å². The third kappa shape index (κ3) is 6.60. The van der Waals surface area contributed by atoms with Crippen molar-refractivity contribution in [2.75, 3.05) is 11.5 Å². The number of thioether (sulfide) groups is 1. The summed E-state index contributed by atoms with van der Waals surface area (Å²) in [5.41, 5.74) is 1.88. The Morgan fingerprint density at radius 2 is 1.87 bits per heavy atom. The minimum Gasteiger partial charge on any atom is -0.503 e. The first-order chi connectivity index (χ1) is 21.8. The summed E-state index contributed by atoms with van der Waals surface area (Å²) in [6.07, 6.45) is 3.10. The van der Waals surface area contributed by atoms with Crippen molar-refractivity contribution < 1.29 is 23.8 Å². The number of carbonyl (C=O) groups is 2. The normalized spacial score (nSPS) is 15.0. The first kappa shape index (κ1) is 31.2. The van der Waals surface area contributed by atoms with Gasteiger partial charge in [-0.05, 0) is 53.9 Å². The predicted octanol–water partition coefficient (Wildman–Crippen LogP) is 9.24. The van der Waals surface area contributed by atoms with Crippen molar-refractivity contribution in [1.82, 2.24) is 10.2 Å². The number of nitrogens with zero attached hydrogens (tertiary/aromatic N) is 3. The number of fused-ring (bicyclic) bond motifs is 1. The molecule has 0 saturated heterocycles. The van der Waals surface area contributed by atoms with E-state index in [0.717, 1.165) is 30.2 Å². The van der Waals surface area contributed by atoms with Crippen LogP contribution in [0.5, 0.6) is 5.75 Å². The number of rotatable bonds is 12. The van der Waals surface area contributed by atoms with E-state index < -0.39 is 23.5 Å². The maximum Gasteiger partial charge on any atom is 0.296 e. The van der Waals surface area contributed by atoms with Gasteiger partial charge >= 0.3 is 0 Å². The Labute approximate surface area is 277 Å². The Bertz CT molecular complexity index is 1870. The molecule has 2 aromatic heterocycles. The lowest BCUT2D eigenvalue weighted by Crippen LogP contribution is -2.31. The molecule has 45 heavy (non-hydrogen) atoms. The second-order valence-electron chi connectivity index (χ2n) is 10.3. The quantitative estimate of drug-likeness (QED) is 0.0602. The number of aliphatic hydroxyl groups is 1. The van der Waals surface area contributed by atoms with Gasteiger partial charge in [0.05, 0.1) is 18.2 Å². The molecule has 0 fully saturated rings. The number of halogens is 2. The smallest absolute Gasteiger partial charge is 0.296 e. The minimum atomic E-state index is -0.983. The van der Waals surface area contributed by atoms with Gasteiger partial charge in [0.25, 0.3) is 5.91 Å². The predicted molar refractivity (Wildman–Crippen MR) is 178 cm³/mol. The molecule has 0 aliphatic carbocycles. The number of Topliss-reactive ketones (excluding diaryl/α,β-unsaturated/α-hetero) is 1. The number of unbranched alkanes of at least 4 members (excludes halogenated alkanes) is 2. The summed E-state index contributed by atoms with van der Waals surface area (Å²) in [6, 6.07) is 20.3. The van der Waals surface area contributed by atoms with E-state index in [9.17, 15) is 14.7 Å². The molecule has 5 aromatic rings. The molecule has 1 atom stereocenters. The van der Waals surface area contributed by atoms with E-state index in [2.05, 4.69) is 17.1 Å². The van der Waals surface area contributed by atoms with Crippen molar-refractivity contribution in [3.05, 3.63) is 111 Å². The van der Waals surface area contributed by atoms with Gasteiger partial charge in [-0.2, -0.15) is 0 Å². The molecule has 8 nitrogen and oxygen atoms in total. The van der Waals surface area contributed by atoms with E-state index in [0.29, 0.717) is 43.6 Å². The highest BCUT2D eigenvalue weighted by Crippen LogP contribution is 2.44. The average Bonchev–Trinajstić information content (AvgIpc) is 3.75. The SMILES string of the molecule is CCCCCOc1ccc(C2C(C(=O)c3cc4ccccc4o3)=C(O)C(=O)N2c2nnc(SCc3ccc(Cl)cc3Cl)s2)cc1. The van der Waals surface area contributed by atoms with Gasteiger partial charge in [0.2, 0.25) is 10.9 Å². The van der Waals surface area contributed by atoms with Gasteiger partial charge in [0.1, 0.15) is 11.3 Å². The molecule has 1 aliphatic rings. The van der Waals surface area contributed by atoms with E-state index >= 15 is 0 Å². The minimum absolute atomic E-state index is 0.0154. The maximum absolute atomic E-state index is 13.9. The molecular weight excluding hydrogens is 653 g/mol. The molecule has 0 bridgehead atoms. The Morgan fingerprint density at radius 1 is 1.07 bits per heavy atom. The second kappa shape index (κ2) is 13.7. The number of para-hydroxylation sites is 1. The van der Waals surface area contributed by atoms with E-state index in [1.165, 1.54) is 28.0 Å². The third-order valence-electron chi connectivity index (χ3n) is 7.28. The van der Waals surface area contributed by atoms with Crippen molar-refractivity contribution in [2.24, 2.45) is 0 Å². The fourth-order valence-corrected chi connectivity index (χ4v) is 7.43. The molecule has 12 heteroatoms. The average molecular weight is 681 g/mol. The van der Waals surface area contributed by atoms with Gasteiger partial charge in [-0.15, -0.1) is 10.2 Å². The number of hydrogen-bond donors (Lipinski definition) is 1.